The second-order valence-corrected chi connectivity index (χ2v) is 7.17. The van der Waals surface area contributed by atoms with Gasteiger partial charge in [-0.2, -0.15) is 0 Å². The van der Waals surface area contributed by atoms with E-state index in [1.165, 1.54) is 0 Å². The van der Waals surface area contributed by atoms with Crippen molar-refractivity contribution in [3.8, 4) is 5.75 Å². The average Bonchev–Trinajstić information content (AvgIpc) is 2.71. The lowest BCUT2D eigenvalue weighted by Crippen LogP contribution is -2.12. The third kappa shape index (κ3) is 3.66. The molecule has 132 valence electrons. The van der Waals surface area contributed by atoms with Gasteiger partial charge >= 0.3 is 0 Å². The second kappa shape index (κ2) is 7.56. The first-order valence-electron chi connectivity index (χ1n) is 8.56. The molecule has 0 aromatic heterocycles. The highest BCUT2D eigenvalue weighted by molar-refractivity contribution is 7.99. The number of amides is 1. The van der Waals surface area contributed by atoms with Crippen molar-refractivity contribution in [1.82, 2.24) is 0 Å². The van der Waals surface area contributed by atoms with Gasteiger partial charge in [-0.15, -0.1) is 0 Å². The summed E-state index contributed by atoms with van der Waals surface area (Å²) < 4.78 is 0. The Kier molecular flexibility index (Phi) is 4.81. The van der Waals surface area contributed by atoms with Crippen molar-refractivity contribution in [3.05, 3.63) is 96.6 Å². The Morgan fingerprint density at radius 1 is 0.778 bits per heavy atom. The molecule has 0 saturated carbocycles. The van der Waals surface area contributed by atoms with Gasteiger partial charge in [-0.25, -0.2) is 0 Å². The van der Waals surface area contributed by atoms with Crippen molar-refractivity contribution in [2.75, 3.05) is 5.32 Å². The molecule has 3 nitrogen and oxygen atoms in total. The van der Waals surface area contributed by atoms with Crippen LogP contribution in [0.1, 0.15) is 10.4 Å². The van der Waals surface area contributed by atoms with E-state index in [-0.39, 0.29) is 17.2 Å². The number of phenolic OH excluding ortho intramolecular Hbond substituents is 1. The highest BCUT2D eigenvalue weighted by Crippen LogP contribution is 2.39. The molecule has 27 heavy (non-hydrogen) atoms. The van der Waals surface area contributed by atoms with Crippen molar-refractivity contribution in [2.24, 2.45) is 0 Å². The molecule has 4 rings (SSSR count). The summed E-state index contributed by atoms with van der Waals surface area (Å²) in [5, 5.41) is 15.1. The fourth-order valence-electron chi connectivity index (χ4n) is 2.92. The maximum absolute atomic E-state index is 12.8. The Hall–Kier alpha value is -3.24. The molecule has 4 aromatic carbocycles. The Balaban J connectivity index is 1.78. The lowest BCUT2D eigenvalue weighted by molar-refractivity contribution is 0.102. The van der Waals surface area contributed by atoms with E-state index >= 15 is 0 Å². The van der Waals surface area contributed by atoms with Crippen LogP contribution in [-0.4, -0.2) is 11.0 Å². The number of aromatic hydroxyl groups is 1. The van der Waals surface area contributed by atoms with Crippen LogP contribution in [-0.2, 0) is 0 Å². The number of anilines is 1. The van der Waals surface area contributed by atoms with E-state index in [0.717, 1.165) is 15.2 Å². The summed E-state index contributed by atoms with van der Waals surface area (Å²) in [6.45, 7) is 0. The number of carbonyl (C=O) groups is 1. The smallest absolute Gasteiger partial charge is 0.259 e. The van der Waals surface area contributed by atoms with Gasteiger partial charge in [0.1, 0.15) is 5.75 Å². The number of rotatable bonds is 4. The molecule has 0 radical (unpaired) electrons. The van der Waals surface area contributed by atoms with Crippen LogP contribution in [0.5, 0.6) is 5.75 Å². The van der Waals surface area contributed by atoms with Crippen LogP contribution in [0.4, 0.5) is 5.69 Å². The van der Waals surface area contributed by atoms with Gasteiger partial charge in [-0.3, -0.25) is 4.79 Å². The molecular formula is C23H17NO2S. The highest BCUT2D eigenvalue weighted by Gasteiger charge is 2.18. The van der Waals surface area contributed by atoms with Gasteiger partial charge in [0.15, 0.2) is 0 Å². The van der Waals surface area contributed by atoms with Crippen LogP contribution in [0.15, 0.2) is 101 Å². The third-order valence-electron chi connectivity index (χ3n) is 4.23. The second-order valence-electron chi connectivity index (χ2n) is 6.05. The summed E-state index contributed by atoms with van der Waals surface area (Å²) in [5.74, 6) is -0.337. The largest absolute Gasteiger partial charge is 0.506 e. The Morgan fingerprint density at radius 2 is 1.37 bits per heavy atom. The van der Waals surface area contributed by atoms with Gasteiger partial charge in [-0.1, -0.05) is 72.4 Å². The fourth-order valence-corrected chi connectivity index (χ4v) is 3.93. The topological polar surface area (TPSA) is 49.3 Å². The maximum atomic E-state index is 12.8. The number of benzene rings is 4. The molecule has 0 saturated heterocycles. The molecule has 2 N–H and O–H groups in total. The normalized spacial score (nSPS) is 10.7. The van der Waals surface area contributed by atoms with Crippen LogP contribution in [0.25, 0.3) is 10.8 Å². The predicted octanol–water partition coefficient (Wildman–Crippen LogP) is 5.95. The Labute approximate surface area is 161 Å². The van der Waals surface area contributed by atoms with Crippen molar-refractivity contribution in [3.63, 3.8) is 0 Å². The SMILES string of the molecule is O=C(Nc1ccccc1)c1cc(Sc2ccccc2)c2ccccc2c1O. The number of hydrogen-bond donors (Lipinski definition) is 2. The Morgan fingerprint density at radius 3 is 2.07 bits per heavy atom. The molecule has 4 heteroatoms. The molecule has 0 unspecified atom stereocenters. The van der Waals surface area contributed by atoms with E-state index in [1.807, 2.05) is 84.9 Å². The van der Waals surface area contributed by atoms with E-state index < -0.39 is 0 Å². The third-order valence-corrected chi connectivity index (χ3v) is 5.29. The van der Waals surface area contributed by atoms with E-state index in [9.17, 15) is 9.90 Å². The van der Waals surface area contributed by atoms with Crippen LogP contribution in [0, 0.1) is 0 Å². The van der Waals surface area contributed by atoms with E-state index in [1.54, 1.807) is 17.8 Å². The zero-order valence-corrected chi connectivity index (χ0v) is 15.2. The Bertz CT molecular complexity index is 1100. The summed E-state index contributed by atoms with van der Waals surface area (Å²) in [7, 11) is 0. The van der Waals surface area contributed by atoms with Gasteiger partial charge in [0.2, 0.25) is 0 Å². The summed E-state index contributed by atoms with van der Waals surface area (Å²) >= 11 is 1.57. The quantitative estimate of drug-likeness (QED) is 0.466. The minimum Gasteiger partial charge on any atom is -0.506 e. The van der Waals surface area contributed by atoms with Crippen molar-refractivity contribution < 1.29 is 9.90 Å². The summed E-state index contributed by atoms with van der Waals surface area (Å²) in [6.07, 6.45) is 0. The van der Waals surface area contributed by atoms with E-state index in [4.69, 9.17) is 0 Å². The summed E-state index contributed by atoms with van der Waals surface area (Å²) in [5.41, 5.74) is 0.948. The number of phenols is 1. The molecule has 0 heterocycles. The summed E-state index contributed by atoms with van der Waals surface area (Å²) in [4.78, 5) is 14.8. The van der Waals surface area contributed by atoms with Crippen molar-refractivity contribution >= 4 is 34.1 Å². The van der Waals surface area contributed by atoms with Crippen molar-refractivity contribution in [1.29, 1.82) is 0 Å². The van der Waals surface area contributed by atoms with Crippen LogP contribution < -0.4 is 5.32 Å². The molecule has 0 aliphatic rings. The summed E-state index contributed by atoms with van der Waals surface area (Å²) in [6, 6.07) is 28.5. The lowest BCUT2D eigenvalue weighted by atomic mass is 10.0. The molecular weight excluding hydrogens is 354 g/mol. The van der Waals surface area contributed by atoms with E-state index in [0.29, 0.717) is 11.1 Å². The monoisotopic (exact) mass is 371 g/mol. The van der Waals surface area contributed by atoms with Crippen LogP contribution in [0.3, 0.4) is 0 Å². The number of para-hydroxylation sites is 1. The maximum Gasteiger partial charge on any atom is 0.259 e. The number of hydrogen-bond acceptors (Lipinski definition) is 3. The molecule has 4 aromatic rings. The molecule has 0 aliphatic carbocycles. The first kappa shape index (κ1) is 17.2. The van der Waals surface area contributed by atoms with Gasteiger partial charge in [-0.05, 0) is 35.7 Å². The molecule has 0 fully saturated rings. The van der Waals surface area contributed by atoms with Crippen molar-refractivity contribution in [2.45, 2.75) is 9.79 Å². The average molecular weight is 371 g/mol. The minimum atomic E-state index is -0.334. The first-order chi connectivity index (χ1) is 13.2. The number of fused-ring (bicyclic) bond motifs is 1. The number of nitrogens with one attached hydrogen (secondary N) is 1. The molecule has 0 atom stereocenters. The number of carbonyl (C=O) groups excluding carboxylic acids is 1. The zero-order chi connectivity index (χ0) is 18.6. The van der Waals surface area contributed by atoms with Gasteiger partial charge < -0.3 is 10.4 Å². The minimum absolute atomic E-state index is 0.00329. The van der Waals surface area contributed by atoms with Crippen LogP contribution >= 0.6 is 11.8 Å². The van der Waals surface area contributed by atoms with Gasteiger partial charge in [0.05, 0.1) is 5.56 Å². The van der Waals surface area contributed by atoms with E-state index in [2.05, 4.69) is 5.32 Å². The molecule has 0 spiro atoms. The first-order valence-corrected chi connectivity index (χ1v) is 9.38. The fraction of sp³-hybridized carbons (Fsp3) is 0. The molecule has 0 bridgehead atoms. The predicted molar refractivity (Wildman–Crippen MR) is 111 cm³/mol. The van der Waals surface area contributed by atoms with Crippen LogP contribution in [0.2, 0.25) is 0 Å². The molecule has 1 amide bonds. The molecule has 0 aliphatic heterocycles. The van der Waals surface area contributed by atoms with Gasteiger partial charge in [0.25, 0.3) is 5.91 Å². The van der Waals surface area contributed by atoms with Gasteiger partial charge in [0, 0.05) is 20.9 Å². The lowest BCUT2D eigenvalue weighted by Gasteiger charge is -2.13. The standard InChI is InChI=1S/C23H17NO2S/c25-22-19-14-8-7-13-18(19)21(27-17-11-5-2-6-12-17)15-20(22)23(26)24-16-9-3-1-4-10-16/h1-15,25H,(H,24,26). The zero-order valence-electron chi connectivity index (χ0n) is 14.4. The highest BCUT2D eigenvalue weighted by atomic mass is 32.2.